The Morgan fingerprint density at radius 3 is 2.39 bits per heavy atom. The minimum absolute atomic E-state index is 0.112. The van der Waals surface area contributed by atoms with Crippen molar-refractivity contribution in [2.45, 2.75) is 50.5 Å². The van der Waals surface area contributed by atoms with Gasteiger partial charge in [0.1, 0.15) is 5.75 Å². The summed E-state index contributed by atoms with van der Waals surface area (Å²) < 4.78 is 33.1. The van der Waals surface area contributed by atoms with Crippen LogP contribution in [0.4, 0.5) is 0 Å². The predicted octanol–water partition coefficient (Wildman–Crippen LogP) is 4.93. The van der Waals surface area contributed by atoms with E-state index in [9.17, 15) is 13.2 Å². The fourth-order valence-corrected chi connectivity index (χ4v) is 6.37. The highest BCUT2D eigenvalue weighted by atomic mass is 32.2. The maximum atomic E-state index is 13.2. The zero-order chi connectivity index (χ0) is 25.7. The Labute approximate surface area is 214 Å². The predicted molar refractivity (Wildman–Crippen MR) is 142 cm³/mol. The van der Waals surface area contributed by atoms with Gasteiger partial charge in [-0.05, 0) is 73.6 Å². The van der Waals surface area contributed by atoms with E-state index >= 15 is 0 Å². The van der Waals surface area contributed by atoms with Gasteiger partial charge < -0.3 is 10.1 Å². The third-order valence-electron chi connectivity index (χ3n) is 6.75. The number of methoxy groups -OCH3 is 1. The molecule has 0 spiro atoms. The number of amides is 1. The van der Waals surface area contributed by atoms with Crippen LogP contribution in [0.3, 0.4) is 0 Å². The number of hydrogen-bond acceptors (Lipinski definition) is 4. The summed E-state index contributed by atoms with van der Waals surface area (Å²) in [5, 5.41) is 3.20. The lowest BCUT2D eigenvalue weighted by molar-refractivity contribution is -0.121. The molecule has 0 aliphatic carbocycles. The summed E-state index contributed by atoms with van der Waals surface area (Å²) in [4.78, 5) is 13.4. The lowest BCUT2D eigenvalue weighted by atomic mass is 9.93. The smallest absolute Gasteiger partial charge is 0.243 e. The van der Waals surface area contributed by atoms with Gasteiger partial charge in [-0.1, -0.05) is 54.1 Å². The van der Waals surface area contributed by atoms with Crippen molar-refractivity contribution in [3.05, 3.63) is 94.5 Å². The zero-order valence-electron chi connectivity index (χ0n) is 21.2. The fraction of sp³-hybridized carbons (Fsp3) is 0.345. The van der Waals surface area contributed by atoms with Crippen LogP contribution in [0.1, 0.15) is 53.1 Å². The number of aryl methyl sites for hydroxylation is 3. The quantitative estimate of drug-likeness (QED) is 0.446. The molecule has 1 atom stereocenters. The summed E-state index contributed by atoms with van der Waals surface area (Å²) >= 11 is 0. The van der Waals surface area contributed by atoms with Gasteiger partial charge in [0.2, 0.25) is 15.9 Å². The molecule has 1 amide bonds. The molecule has 0 aromatic heterocycles. The van der Waals surface area contributed by atoms with Crippen LogP contribution < -0.4 is 10.1 Å². The minimum atomic E-state index is -3.55. The van der Waals surface area contributed by atoms with Crippen molar-refractivity contribution in [1.29, 1.82) is 0 Å². The largest absolute Gasteiger partial charge is 0.496 e. The van der Waals surface area contributed by atoms with E-state index in [0.29, 0.717) is 30.8 Å². The molecule has 0 bridgehead atoms. The molecule has 190 valence electrons. The van der Waals surface area contributed by atoms with E-state index in [-0.39, 0.29) is 23.3 Å². The lowest BCUT2D eigenvalue weighted by Crippen LogP contribution is -2.30. The second-order valence-corrected chi connectivity index (χ2v) is 11.3. The van der Waals surface area contributed by atoms with Crippen LogP contribution in [0, 0.1) is 13.8 Å². The van der Waals surface area contributed by atoms with Gasteiger partial charge in [0.25, 0.3) is 0 Å². The maximum Gasteiger partial charge on any atom is 0.243 e. The maximum absolute atomic E-state index is 13.2. The van der Waals surface area contributed by atoms with Gasteiger partial charge in [-0.3, -0.25) is 4.79 Å². The number of carbonyl (C=O) groups excluding carboxylic acids is 1. The highest BCUT2D eigenvalue weighted by Crippen LogP contribution is 2.29. The molecule has 36 heavy (non-hydrogen) atoms. The van der Waals surface area contributed by atoms with Crippen molar-refractivity contribution in [2.75, 3.05) is 20.2 Å². The summed E-state index contributed by atoms with van der Waals surface area (Å²) in [5.74, 6) is 0.468. The van der Waals surface area contributed by atoms with Crippen LogP contribution in [0.5, 0.6) is 5.75 Å². The van der Waals surface area contributed by atoms with E-state index in [1.54, 1.807) is 25.3 Å². The third-order valence-corrected chi connectivity index (χ3v) is 8.65. The van der Waals surface area contributed by atoms with Crippen LogP contribution in [0.25, 0.3) is 0 Å². The first-order chi connectivity index (χ1) is 17.3. The third kappa shape index (κ3) is 5.79. The number of nitrogens with zero attached hydrogens (tertiary/aromatic N) is 1. The molecular weight excluding hydrogens is 472 g/mol. The molecule has 1 N–H and O–H groups in total. The molecule has 6 nitrogen and oxygen atoms in total. The van der Waals surface area contributed by atoms with Crippen molar-refractivity contribution in [2.24, 2.45) is 0 Å². The van der Waals surface area contributed by atoms with Crippen LogP contribution >= 0.6 is 0 Å². The number of benzene rings is 3. The van der Waals surface area contributed by atoms with Gasteiger partial charge in [-0.2, -0.15) is 4.31 Å². The standard InChI is InChI=1S/C29H34N2O4S/c1-21-11-14-26(22(2)19-21)29(23-9-5-4-6-10-23)30-28(32)16-12-24-20-25(13-15-27(24)35-3)36(33,34)31-17-7-8-18-31/h4-6,9-11,13-15,19-20,29H,7-8,12,16-18H2,1-3H3,(H,30,32)/t29-/m0/s1. The Bertz CT molecular complexity index is 1320. The highest BCUT2D eigenvalue weighted by Gasteiger charge is 2.28. The van der Waals surface area contributed by atoms with Gasteiger partial charge >= 0.3 is 0 Å². The topological polar surface area (TPSA) is 75.7 Å². The zero-order valence-corrected chi connectivity index (χ0v) is 22.0. The molecule has 0 unspecified atom stereocenters. The molecule has 1 saturated heterocycles. The normalized spacial score (nSPS) is 15.0. The molecule has 0 saturated carbocycles. The number of sulfonamides is 1. The molecule has 1 aliphatic heterocycles. The van der Waals surface area contributed by atoms with Gasteiger partial charge in [0, 0.05) is 19.5 Å². The Kier molecular flexibility index (Phi) is 8.11. The molecule has 3 aromatic rings. The number of ether oxygens (including phenoxy) is 1. The molecule has 3 aromatic carbocycles. The van der Waals surface area contributed by atoms with E-state index in [1.807, 2.05) is 30.3 Å². The van der Waals surface area contributed by atoms with Crippen molar-refractivity contribution >= 4 is 15.9 Å². The van der Waals surface area contributed by atoms with Gasteiger partial charge in [0.05, 0.1) is 18.0 Å². The van der Waals surface area contributed by atoms with Crippen molar-refractivity contribution in [1.82, 2.24) is 9.62 Å². The fourth-order valence-electron chi connectivity index (χ4n) is 4.81. The van der Waals surface area contributed by atoms with Crippen LogP contribution in [-0.4, -0.2) is 38.8 Å². The number of rotatable bonds is 9. The Morgan fingerprint density at radius 1 is 1.00 bits per heavy atom. The first kappa shape index (κ1) is 25.9. The highest BCUT2D eigenvalue weighted by molar-refractivity contribution is 7.89. The van der Waals surface area contributed by atoms with E-state index in [2.05, 4.69) is 37.4 Å². The van der Waals surface area contributed by atoms with E-state index in [0.717, 1.165) is 29.5 Å². The monoisotopic (exact) mass is 506 g/mol. The number of nitrogens with one attached hydrogen (secondary N) is 1. The Balaban J connectivity index is 1.53. The van der Waals surface area contributed by atoms with Gasteiger partial charge in [0.15, 0.2) is 0 Å². The molecular formula is C29H34N2O4S. The minimum Gasteiger partial charge on any atom is -0.496 e. The SMILES string of the molecule is COc1ccc(S(=O)(=O)N2CCCC2)cc1CCC(=O)N[C@@H](c1ccccc1)c1ccc(C)cc1C. The van der Waals surface area contributed by atoms with Crippen molar-refractivity contribution in [3.8, 4) is 5.75 Å². The van der Waals surface area contributed by atoms with Crippen molar-refractivity contribution < 1.29 is 17.9 Å². The van der Waals surface area contributed by atoms with E-state index < -0.39 is 10.0 Å². The van der Waals surface area contributed by atoms with Crippen molar-refractivity contribution in [3.63, 3.8) is 0 Å². The number of carbonyl (C=O) groups is 1. The first-order valence-electron chi connectivity index (χ1n) is 12.4. The molecule has 0 radical (unpaired) electrons. The summed E-state index contributed by atoms with van der Waals surface area (Å²) in [5.41, 5.74) is 5.05. The van der Waals surface area contributed by atoms with Gasteiger partial charge in [-0.25, -0.2) is 8.42 Å². The second kappa shape index (κ2) is 11.3. The summed E-state index contributed by atoms with van der Waals surface area (Å²) in [6.45, 7) is 5.21. The average Bonchev–Trinajstić information content (AvgIpc) is 3.43. The molecule has 1 heterocycles. The summed E-state index contributed by atoms with van der Waals surface area (Å²) in [6, 6.07) is 20.8. The average molecular weight is 507 g/mol. The van der Waals surface area contributed by atoms with Crippen LogP contribution in [0.15, 0.2) is 71.6 Å². The number of hydrogen-bond donors (Lipinski definition) is 1. The van der Waals surface area contributed by atoms with E-state index in [4.69, 9.17) is 4.74 Å². The summed E-state index contributed by atoms with van der Waals surface area (Å²) in [7, 11) is -1.99. The lowest BCUT2D eigenvalue weighted by Gasteiger charge is -2.22. The summed E-state index contributed by atoms with van der Waals surface area (Å²) in [6.07, 6.45) is 2.33. The Hall–Kier alpha value is -3.16. The van der Waals surface area contributed by atoms with Gasteiger partial charge in [-0.15, -0.1) is 0 Å². The molecule has 1 aliphatic rings. The first-order valence-corrected chi connectivity index (χ1v) is 13.8. The van der Waals surface area contributed by atoms with Crippen LogP contribution in [-0.2, 0) is 21.2 Å². The molecule has 1 fully saturated rings. The molecule has 4 rings (SSSR count). The second-order valence-electron chi connectivity index (χ2n) is 9.36. The molecule has 7 heteroatoms. The van der Waals surface area contributed by atoms with E-state index in [1.165, 1.54) is 9.87 Å². The van der Waals surface area contributed by atoms with Crippen LogP contribution in [0.2, 0.25) is 0 Å². The Morgan fingerprint density at radius 2 is 1.72 bits per heavy atom.